The van der Waals surface area contributed by atoms with Crippen molar-refractivity contribution < 1.29 is 25.9 Å². The predicted octanol–water partition coefficient (Wildman–Crippen LogP) is 0.540. The van der Waals surface area contributed by atoms with E-state index in [-0.39, 0.29) is 4.90 Å². The minimum Gasteiger partial charge on any atom is -0.497 e. The molecule has 0 unspecified atom stereocenters. The number of nitrogens with zero attached hydrogens (tertiary/aromatic N) is 1. The minimum absolute atomic E-state index is 0.128. The number of hydrogen-bond donors (Lipinski definition) is 1. The highest BCUT2D eigenvalue weighted by atomic mass is 32.2. The molecule has 2 N–H and O–H groups in total. The molecule has 1 aliphatic rings. The number of rotatable bonds is 6. The van der Waals surface area contributed by atoms with Gasteiger partial charge in [-0.3, -0.25) is 0 Å². The van der Waals surface area contributed by atoms with Gasteiger partial charge in [-0.15, -0.1) is 4.28 Å². The van der Waals surface area contributed by atoms with Gasteiger partial charge >= 0.3 is 10.3 Å². The number of hydrogen-bond acceptors (Lipinski definition) is 6. The molecule has 0 saturated carbocycles. The molecule has 0 spiro atoms. The molecule has 1 aromatic carbocycles. The third-order valence-corrected chi connectivity index (χ3v) is 5.18. The van der Waals surface area contributed by atoms with Crippen LogP contribution in [0.1, 0.15) is 12.8 Å². The Hall–Kier alpha value is -1.46. The molecule has 0 aromatic heterocycles. The molecule has 22 heavy (non-hydrogen) atoms. The summed E-state index contributed by atoms with van der Waals surface area (Å²) in [6, 6.07) is 4.77. The number of nitrogens with two attached hydrogens (primary N) is 1. The van der Waals surface area contributed by atoms with E-state index in [2.05, 4.69) is 4.28 Å². The molecule has 2 rings (SSSR count). The van der Waals surface area contributed by atoms with Crippen molar-refractivity contribution in [3.63, 3.8) is 0 Å². The average Bonchev–Trinajstić information content (AvgIpc) is 2.97. The van der Waals surface area contributed by atoms with E-state index in [1.807, 2.05) is 0 Å². The number of allylic oxidation sites excluding steroid dienone is 1. The van der Waals surface area contributed by atoms with Crippen molar-refractivity contribution in [2.24, 2.45) is 5.14 Å². The topological polar surface area (TPSA) is 116 Å². The second-order valence-corrected chi connectivity index (χ2v) is 7.49. The first-order chi connectivity index (χ1) is 10.2. The summed E-state index contributed by atoms with van der Waals surface area (Å²) in [4.78, 5) is -0.128. The van der Waals surface area contributed by atoms with Gasteiger partial charge in [-0.25, -0.2) is 13.6 Å². The summed E-state index contributed by atoms with van der Waals surface area (Å²) in [6.07, 6.45) is 4.33. The van der Waals surface area contributed by atoms with E-state index in [0.29, 0.717) is 23.1 Å². The van der Waals surface area contributed by atoms with Crippen molar-refractivity contribution in [3.05, 3.63) is 36.4 Å². The molecule has 0 amide bonds. The Bertz CT molecular complexity index is 755. The van der Waals surface area contributed by atoms with Gasteiger partial charge in [0.15, 0.2) is 0 Å². The Morgan fingerprint density at radius 3 is 2.27 bits per heavy atom. The summed E-state index contributed by atoms with van der Waals surface area (Å²) in [5.74, 6) is 0.471. The Morgan fingerprint density at radius 1 is 1.18 bits per heavy atom. The molecule has 1 aliphatic carbocycles. The van der Waals surface area contributed by atoms with Crippen molar-refractivity contribution in [1.29, 1.82) is 0 Å². The maximum atomic E-state index is 12.6. The Morgan fingerprint density at radius 2 is 1.82 bits per heavy atom. The molecule has 10 heteroatoms. The van der Waals surface area contributed by atoms with Crippen molar-refractivity contribution >= 4 is 20.3 Å². The molecule has 8 nitrogen and oxygen atoms in total. The van der Waals surface area contributed by atoms with E-state index in [4.69, 9.17) is 9.88 Å². The van der Waals surface area contributed by atoms with Crippen LogP contribution in [-0.4, -0.2) is 34.5 Å². The van der Waals surface area contributed by atoms with Gasteiger partial charge in [-0.2, -0.15) is 8.42 Å². The van der Waals surface area contributed by atoms with Gasteiger partial charge in [0.25, 0.3) is 10.0 Å². The molecule has 1 atom stereocenters. The van der Waals surface area contributed by atoms with Crippen LogP contribution in [0.3, 0.4) is 0 Å². The molecule has 0 saturated heterocycles. The zero-order valence-corrected chi connectivity index (χ0v) is 13.4. The molecule has 0 fully saturated rings. The first-order valence-electron chi connectivity index (χ1n) is 6.31. The van der Waals surface area contributed by atoms with Crippen LogP contribution in [0.4, 0.5) is 0 Å². The molecule has 122 valence electrons. The van der Waals surface area contributed by atoms with E-state index < -0.39 is 26.4 Å². The fourth-order valence-corrected chi connectivity index (χ4v) is 4.13. The Balaban J connectivity index is 2.41. The van der Waals surface area contributed by atoms with E-state index in [1.54, 1.807) is 12.2 Å². The second-order valence-electron chi connectivity index (χ2n) is 4.58. The Kier molecular flexibility index (Phi) is 4.87. The third kappa shape index (κ3) is 3.84. The largest absolute Gasteiger partial charge is 0.497 e. The average molecular weight is 348 g/mol. The summed E-state index contributed by atoms with van der Waals surface area (Å²) in [7, 11) is -7.23. The standard InChI is InChI=1S/C12H16N2O6S2/c1-19-11-6-8-12(9-7-11)21(15,16)14(20-22(13,17)18)10-4-2-3-5-10/h2,4,6-10H,3,5H2,1H3,(H2,13,17,18)/t10-/m1/s1. The number of hydroxylamine groups is 1. The zero-order valence-electron chi connectivity index (χ0n) is 11.7. The summed E-state index contributed by atoms with van der Waals surface area (Å²) in [5, 5.41) is 4.82. The quantitative estimate of drug-likeness (QED) is 0.592. The zero-order chi connectivity index (χ0) is 16.4. The maximum absolute atomic E-state index is 12.6. The van der Waals surface area contributed by atoms with E-state index in [9.17, 15) is 16.8 Å². The fourth-order valence-electron chi connectivity index (χ4n) is 2.02. The highest BCUT2D eigenvalue weighted by Crippen LogP contribution is 2.26. The van der Waals surface area contributed by atoms with Gasteiger partial charge in [0.05, 0.1) is 18.0 Å². The summed E-state index contributed by atoms with van der Waals surface area (Å²) in [6.45, 7) is 0. The lowest BCUT2D eigenvalue weighted by molar-refractivity contribution is 0.0194. The van der Waals surface area contributed by atoms with Crippen LogP contribution in [-0.2, 0) is 24.6 Å². The van der Waals surface area contributed by atoms with Crippen LogP contribution in [0.25, 0.3) is 0 Å². The number of benzene rings is 1. The summed E-state index contributed by atoms with van der Waals surface area (Å²) < 4.78 is 57.5. The third-order valence-electron chi connectivity index (χ3n) is 3.03. The van der Waals surface area contributed by atoms with Crippen molar-refractivity contribution in [1.82, 2.24) is 4.47 Å². The number of methoxy groups -OCH3 is 1. The smallest absolute Gasteiger partial charge is 0.350 e. The SMILES string of the molecule is COc1ccc(S(=O)(=O)N(OS(N)(=O)=O)[C@@H]2C=CCC2)cc1. The van der Waals surface area contributed by atoms with E-state index in [0.717, 1.165) is 0 Å². The Labute approximate surface area is 129 Å². The van der Waals surface area contributed by atoms with Crippen molar-refractivity contribution in [2.45, 2.75) is 23.8 Å². The number of sulfonamides is 1. The molecule has 0 aliphatic heterocycles. The van der Waals surface area contributed by atoms with Crippen molar-refractivity contribution in [3.8, 4) is 5.75 Å². The molecule has 0 radical (unpaired) electrons. The fraction of sp³-hybridized carbons (Fsp3) is 0.333. The molecule has 1 aromatic rings. The molecular weight excluding hydrogens is 332 g/mol. The predicted molar refractivity (Wildman–Crippen MR) is 78.4 cm³/mol. The number of ether oxygens (including phenoxy) is 1. The van der Waals surface area contributed by atoms with Crippen LogP contribution in [0, 0.1) is 0 Å². The highest BCUT2D eigenvalue weighted by Gasteiger charge is 2.35. The highest BCUT2D eigenvalue weighted by molar-refractivity contribution is 7.90. The van der Waals surface area contributed by atoms with E-state index in [1.165, 1.54) is 31.4 Å². The van der Waals surface area contributed by atoms with Gasteiger partial charge in [-0.05, 0) is 37.1 Å². The van der Waals surface area contributed by atoms with Crippen LogP contribution in [0.5, 0.6) is 5.75 Å². The normalized spacial score (nSPS) is 18.8. The maximum Gasteiger partial charge on any atom is 0.350 e. The lowest BCUT2D eigenvalue weighted by Gasteiger charge is -2.24. The van der Waals surface area contributed by atoms with Crippen LogP contribution < -0.4 is 9.88 Å². The summed E-state index contributed by atoms with van der Waals surface area (Å²) in [5.41, 5.74) is 0. The molecular formula is C12H16N2O6S2. The monoisotopic (exact) mass is 348 g/mol. The van der Waals surface area contributed by atoms with Crippen LogP contribution in [0.2, 0.25) is 0 Å². The first-order valence-corrected chi connectivity index (χ1v) is 9.22. The lowest BCUT2D eigenvalue weighted by Crippen LogP contribution is -2.41. The van der Waals surface area contributed by atoms with Crippen molar-refractivity contribution in [2.75, 3.05) is 7.11 Å². The minimum atomic E-state index is -4.48. The summed E-state index contributed by atoms with van der Waals surface area (Å²) >= 11 is 0. The van der Waals surface area contributed by atoms with Gasteiger partial charge in [0, 0.05) is 0 Å². The van der Waals surface area contributed by atoms with Gasteiger partial charge in [-0.1, -0.05) is 16.6 Å². The van der Waals surface area contributed by atoms with Gasteiger partial charge in [0.1, 0.15) is 5.75 Å². The van der Waals surface area contributed by atoms with Gasteiger partial charge < -0.3 is 4.74 Å². The second kappa shape index (κ2) is 6.34. The van der Waals surface area contributed by atoms with Crippen LogP contribution in [0.15, 0.2) is 41.3 Å². The van der Waals surface area contributed by atoms with E-state index >= 15 is 0 Å². The van der Waals surface area contributed by atoms with Gasteiger partial charge in [0.2, 0.25) is 0 Å². The lowest BCUT2D eigenvalue weighted by atomic mass is 10.3. The molecule has 0 bridgehead atoms. The molecule has 0 heterocycles. The first kappa shape index (κ1) is 16.9. The van der Waals surface area contributed by atoms with Crippen LogP contribution >= 0.6 is 0 Å².